The molecule has 0 atom stereocenters. The monoisotopic (exact) mass is 906 g/mol. The van der Waals surface area contributed by atoms with Crippen molar-refractivity contribution in [3.8, 4) is 38.4 Å². The lowest BCUT2D eigenvalue weighted by Crippen LogP contribution is -2.09. The summed E-state index contributed by atoms with van der Waals surface area (Å²) in [7, 11) is 0. The molecule has 3 heterocycles. The Kier molecular flexibility index (Phi) is 11.1. The molecule has 0 amide bonds. The lowest BCUT2D eigenvalue weighted by molar-refractivity contribution is 0.979. The predicted octanol–water partition coefficient (Wildman–Crippen LogP) is 17.5. The normalized spacial score (nSPS) is 13.1. The van der Waals surface area contributed by atoms with Gasteiger partial charge in [0.05, 0.1) is 22.1 Å². The van der Waals surface area contributed by atoms with E-state index >= 15 is 0 Å². The lowest BCUT2D eigenvalue weighted by atomic mass is 10.0. The highest BCUT2D eigenvalue weighted by Crippen LogP contribution is 2.42. The molecule has 0 saturated heterocycles. The number of para-hydroxylation sites is 3. The highest BCUT2D eigenvalue weighted by atomic mass is 32.1. The summed E-state index contributed by atoms with van der Waals surface area (Å²) in [6.45, 7) is 2.55. The van der Waals surface area contributed by atoms with Crippen LogP contribution in [0.1, 0.15) is 24.6 Å². The van der Waals surface area contributed by atoms with E-state index in [2.05, 4.69) is 251 Å². The number of anilines is 3. The van der Waals surface area contributed by atoms with Crippen LogP contribution in [-0.4, -0.2) is 15.7 Å². The zero-order valence-electron chi connectivity index (χ0n) is 38.5. The van der Waals surface area contributed by atoms with Crippen LogP contribution in [0, 0.1) is 0 Å². The molecule has 0 aliphatic heterocycles. The molecule has 2 N–H and O–H groups in total. The molecule has 4 nitrogen and oxygen atoms in total. The fourth-order valence-electron chi connectivity index (χ4n) is 10.3. The standard InChI is InChI=1S/C64H50N4S/c1-2-13-46(40-41-65)63-38-39-64(69-63)47-26-34-54(35-27-47)66(52-30-22-44(23-31-52)48-28-36-61-57(42-48)55-18-9-11-20-59(55)67(61)50-14-5-3-6-15-50)53-32-24-45(25-33-53)49-29-37-62-58(43-49)56-19-10-12-21-60(56)68(62)51-16-7-4-8-17-51/h2-7,9-16,18-40,42-43H,8,17,41,65H2,1H3/b13-2-,46-40+. The third kappa shape index (κ3) is 7.72. The summed E-state index contributed by atoms with van der Waals surface area (Å²) in [6, 6.07) is 73.5. The second kappa shape index (κ2) is 18.1. The van der Waals surface area contributed by atoms with Gasteiger partial charge in [0.15, 0.2) is 0 Å². The molecule has 1 aliphatic rings. The summed E-state index contributed by atoms with van der Waals surface area (Å²) >= 11 is 1.79. The van der Waals surface area contributed by atoms with Gasteiger partial charge in [0.2, 0.25) is 0 Å². The number of fused-ring (bicyclic) bond motifs is 6. The van der Waals surface area contributed by atoms with Crippen LogP contribution < -0.4 is 10.6 Å². The topological polar surface area (TPSA) is 39.1 Å². The molecular formula is C64H50N4S. The second-order valence-corrected chi connectivity index (χ2v) is 18.7. The molecule has 0 fully saturated rings. The first-order chi connectivity index (χ1) is 34.1. The Hall–Kier alpha value is -8.22. The minimum Gasteiger partial charge on any atom is -0.327 e. The Morgan fingerprint density at radius 3 is 1.62 bits per heavy atom. The van der Waals surface area contributed by atoms with Crippen LogP contribution in [0.4, 0.5) is 17.1 Å². The Morgan fingerprint density at radius 2 is 1.06 bits per heavy atom. The number of allylic oxidation sites excluding steroid dienone is 7. The molecule has 0 spiro atoms. The van der Waals surface area contributed by atoms with E-state index in [0.717, 1.165) is 41.2 Å². The molecule has 11 aromatic rings. The number of nitrogens with two attached hydrogens (primary N) is 1. The van der Waals surface area contributed by atoms with Crippen LogP contribution in [0.2, 0.25) is 0 Å². The SMILES string of the molecule is C/C=C\C(=C/CN)c1ccc(-c2ccc(N(c3ccc(-c4ccc5c(c4)c4ccccc4n5C4=CC=CCC4)cc3)c3ccc(-c4ccc5c(c4)c4ccccc4n5-c4ccccc4)cc3)cc2)s1. The van der Waals surface area contributed by atoms with Crippen molar-refractivity contribution in [2.75, 3.05) is 11.4 Å². The van der Waals surface area contributed by atoms with Gasteiger partial charge < -0.3 is 19.8 Å². The molecule has 0 saturated carbocycles. The van der Waals surface area contributed by atoms with E-state index in [1.54, 1.807) is 11.3 Å². The van der Waals surface area contributed by atoms with Crippen molar-refractivity contribution < 1.29 is 0 Å². The zero-order valence-corrected chi connectivity index (χ0v) is 39.3. The van der Waals surface area contributed by atoms with Crippen LogP contribution >= 0.6 is 11.3 Å². The van der Waals surface area contributed by atoms with Crippen molar-refractivity contribution in [1.82, 2.24) is 9.13 Å². The summed E-state index contributed by atoms with van der Waals surface area (Å²) in [5.74, 6) is 0. The third-order valence-corrected chi connectivity index (χ3v) is 14.7. The largest absolute Gasteiger partial charge is 0.327 e. The molecule has 12 rings (SSSR count). The van der Waals surface area contributed by atoms with Crippen LogP contribution in [0.3, 0.4) is 0 Å². The van der Waals surface area contributed by atoms with Crippen LogP contribution in [0.15, 0.2) is 237 Å². The molecule has 3 aromatic heterocycles. The van der Waals surface area contributed by atoms with Gasteiger partial charge in [0, 0.05) is 66.3 Å². The smallest absolute Gasteiger partial charge is 0.0541 e. The minimum absolute atomic E-state index is 0.506. The number of rotatable bonds is 11. The molecule has 69 heavy (non-hydrogen) atoms. The Labute approximate surface area is 407 Å². The average Bonchev–Trinajstić information content (AvgIpc) is 4.13. The first-order valence-electron chi connectivity index (χ1n) is 23.9. The fourth-order valence-corrected chi connectivity index (χ4v) is 11.3. The summed E-state index contributed by atoms with van der Waals surface area (Å²) in [6.07, 6.45) is 15.1. The number of benzene rings is 8. The van der Waals surface area contributed by atoms with Gasteiger partial charge >= 0.3 is 0 Å². The summed E-state index contributed by atoms with van der Waals surface area (Å²) in [5.41, 5.74) is 23.7. The van der Waals surface area contributed by atoms with E-state index in [1.165, 1.54) is 86.9 Å². The van der Waals surface area contributed by atoms with Crippen molar-refractivity contribution in [1.29, 1.82) is 0 Å². The maximum Gasteiger partial charge on any atom is 0.0541 e. The van der Waals surface area contributed by atoms with E-state index in [1.807, 2.05) is 6.92 Å². The molecular weight excluding hydrogens is 857 g/mol. The number of aromatic nitrogens is 2. The molecule has 0 unspecified atom stereocenters. The maximum absolute atomic E-state index is 5.94. The first-order valence-corrected chi connectivity index (χ1v) is 24.7. The van der Waals surface area contributed by atoms with Crippen LogP contribution in [0.25, 0.3) is 93.3 Å². The van der Waals surface area contributed by atoms with Crippen LogP contribution in [-0.2, 0) is 0 Å². The van der Waals surface area contributed by atoms with Crippen molar-refractivity contribution in [2.24, 2.45) is 5.73 Å². The minimum atomic E-state index is 0.506. The van der Waals surface area contributed by atoms with Gasteiger partial charge in [-0.1, -0.05) is 134 Å². The average molecular weight is 907 g/mol. The lowest BCUT2D eigenvalue weighted by Gasteiger charge is -2.26. The summed E-state index contributed by atoms with van der Waals surface area (Å²) in [5, 5.41) is 5.05. The van der Waals surface area contributed by atoms with Gasteiger partial charge in [-0.05, 0) is 156 Å². The molecule has 332 valence electrons. The molecule has 0 bridgehead atoms. The van der Waals surface area contributed by atoms with Crippen molar-refractivity contribution in [2.45, 2.75) is 19.8 Å². The molecule has 8 aromatic carbocycles. The van der Waals surface area contributed by atoms with Crippen LogP contribution in [0.5, 0.6) is 0 Å². The van der Waals surface area contributed by atoms with E-state index < -0.39 is 0 Å². The van der Waals surface area contributed by atoms with Crippen molar-refractivity contribution in [3.05, 3.63) is 242 Å². The predicted molar refractivity (Wildman–Crippen MR) is 297 cm³/mol. The van der Waals surface area contributed by atoms with Gasteiger partial charge in [-0.25, -0.2) is 0 Å². The third-order valence-electron chi connectivity index (χ3n) is 13.5. The number of nitrogens with zero attached hydrogens (tertiary/aromatic N) is 3. The van der Waals surface area contributed by atoms with Crippen molar-refractivity contribution in [3.63, 3.8) is 0 Å². The van der Waals surface area contributed by atoms with Gasteiger partial charge in [-0.3, -0.25) is 0 Å². The first kappa shape index (κ1) is 42.2. The molecule has 5 heteroatoms. The van der Waals surface area contributed by atoms with Gasteiger partial charge in [-0.2, -0.15) is 0 Å². The van der Waals surface area contributed by atoms with E-state index in [-0.39, 0.29) is 0 Å². The summed E-state index contributed by atoms with van der Waals surface area (Å²) in [4.78, 5) is 4.80. The summed E-state index contributed by atoms with van der Waals surface area (Å²) < 4.78 is 4.82. The maximum atomic E-state index is 5.94. The van der Waals surface area contributed by atoms with E-state index in [0.29, 0.717) is 6.54 Å². The molecule has 1 aliphatic carbocycles. The number of hydrogen-bond donors (Lipinski definition) is 1. The van der Waals surface area contributed by atoms with Gasteiger partial charge in [-0.15, -0.1) is 11.3 Å². The highest BCUT2D eigenvalue weighted by Gasteiger charge is 2.18. The Bertz CT molecular complexity index is 3800. The zero-order chi connectivity index (χ0) is 46.3. The quantitative estimate of drug-likeness (QED) is 0.131. The van der Waals surface area contributed by atoms with E-state index in [9.17, 15) is 0 Å². The van der Waals surface area contributed by atoms with E-state index in [4.69, 9.17) is 5.73 Å². The van der Waals surface area contributed by atoms with Crippen molar-refractivity contribution >= 4 is 83.3 Å². The highest BCUT2D eigenvalue weighted by molar-refractivity contribution is 7.16. The van der Waals surface area contributed by atoms with Gasteiger partial charge in [0.25, 0.3) is 0 Å². The second-order valence-electron chi connectivity index (χ2n) is 17.7. The fraction of sp³-hybridized carbons (Fsp3) is 0.0625. The number of hydrogen-bond acceptors (Lipinski definition) is 3. The molecule has 0 radical (unpaired) electrons. The Balaban J connectivity index is 0.912. The number of thiophene rings is 1. The Morgan fingerprint density at radius 1 is 0.536 bits per heavy atom. The van der Waals surface area contributed by atoms with Gasteiger partial charge in [0.1, 0.15) is 0 Å².